The molecule has 4 rings (SSSR count). The van der Waals surface area contributed by atoms with Crippen LogP contribution in [0.25, 0.3) is 0 Å². The predicted octanol–water partition coefficient (Wildman–Crippen LogP) is 4.15. The van der Waals surface area contributed by atoms with Gasteiger partial charge >= 0.3 is 6.03 Å². The van der Waals surface area contributed by atoms with Crippen molar-refractivity contribution in [2.24, 2.45) is 11.7 Å². The number of carbonyl (C=O) groups is 3. The van der Waals surface area contributed by atoms with E-state index in [1.165, 1.54) is 4.90 Å². The number of Topliss-reactive ketones (excluding diaryl/α,β-unsaturated/α-hetero) is 1. The minimum absolute atomic E-state index is 0.0189. The highest BCUT2D eigenvalue weighted by Gasteiger charge is 2.33. The van der Waals surface area contributed by atoms with E-state index in [0.717, 1.165) is 36.8 Å². The molecule has 3 aromatic rings. The normalized spacial score (nSPS) is 16.5. The van der Waals surface area contributed by atoms with Gasteiger partial charge in [-0.2, -0.15) is 0 Å². The molecule has 0 heterocycles. The lowest BCUT2D eigenvalue weighted by Gasteiger charge is -2.32. The first kappa shape index (κ1) is 30.9. The zero-order valence-corrected chi connectivity index (χ0v) is 23.8. The molecule has 0 aromatic heterocycles. The van der Waals surface area contributed by atoms with E-state index < -0.39 is 0 Å². The molecular weight excluding hydrogens is 532 g/mol. The van der Waals surface area contributed by atoms with Crippen LogP contribution < -0.4 is 16.0 Å². The Bertz CT molecular complexity index is 1330. The van der Waals surface area contributed by atoms with Crippen molar-refractivity contribution in [2.45, 2.75) is 38.1 Å². The van der Waals surface area contributed by atoms with Crippen molar-refractivity contribution in [2.75, 3.05) is 43.1 Å². The fourth-order valence-corrected chi connectivity index (χ4v) is 5.70. The summed E-state index contributed by atoms with van der Waals surface area (Å²) in [6.07, 6.45) is 3.66. The largest absolute Gasteiger partial charge is 0.395 e. The molecule has 1 aliphatic carbocycles. The molecule has 42 heavy (non-hydrogen) atoms. The summed E-state index contributed by atoms with van der Waals surface area (Å²) in [6, 6.07) is 24.2. The van der Waals surface area contributed by atoms with Crippen molar-refractivity contribution >= 4 is 29.1 Å². The quantitative estimate of drug-likeness (QED) is 0.241. The number of aliphatic hydroxyl groups is 2. The molecule has 3 aromatic carbocycles. The number of hydrogen-bond donors (Lipinski definition) is 4. The van der Waals surface area contributed by atoms with E-state index in [4.69, 9.17) is 5.73 Å². The van der Waals surface area contributed by atoms with Crippen LogP contribution in [0.2, 0.25) is 0 Å². The minimum Gasteiger partial charge on any atom is -0.395 e. The third-order valence-corrected chi connectivity index (χ3v) is 7.81. The molecule has 1 aliphatic rings. The molecule has 222 valence electrons. The van der Waals surface area contributed by atoms with Crippen LogP contribution in [0.4, 0.5) is 16.2 Å². The molecule has 0 saturated heterocycles. The standard InChI is InChI=1S/C33H40N4O5/c34-22-31(40)35-30-13-7-6-12-29(30)32(41)28-11-5-4-10-27(28)25-16-14-24(15-17-25)23-37(26-8-2-1-3-9-26)33(42)36(18-20-38)19-21-39/h1-3,6-9,12-17,27-28,38-39H,4-5,10-11,18-23,34H2,(H,35,40)/t27-,28-/m0/s1. The van der Waals surface area contributed by atoms with E-state index in [0.29, 0.717) is 23.5 Å². The number of rotatable bonds is 12. The first-order valence-electron chi connectivity index (χ1n) is 14.5. The van der Waals surface area contributed by atoms with Crippen LogP contribution in [0.15, 0.2) is 78.9 Å². The van der Waals surface area contributed by atoms with Crippen LogP contribution in [-0.4, -0.2) is 65.7 Å². The van der Waals surface area contributed by atoms with Crippen LogP contribution in [0.1, 0.15) is 53.1 Å². The second-order valence-electron chi connectivity index (χ2n) is 10.5. The van der Waals surface area contributed by atoms with E-state index >= 15 is 0 Å². The Balaban J connectivity index is 1.56. The number of nitrogens with two attached hydrogens (primary N) is 1. The smallest absolute Gasteiger partial charge is 0.324 e. The van der Waals surface area contributed by atoms with E-state index in [1.54, 1.807) is 29.2 Å². The molecule has 3 amide bonds. The molecule has 0 radical (unpaired) electrons. The van der Waals surface area contributed by atoms with E-state index in [1.807, 2.05) is 54.6 Å². The van der Waals surface area contributed by atoms with Gasteiger partial charge in [0.05, 0.1) is 32.0 Å². The van der Waals surface area contributed by atoms with Gasteiger partial charge < -0.3 is 26.2 Å². The lowest BCUT2D eigenvalue weighted by Crippen LogP contribution is -2.45. The van der Waals surface area contributed by atoms with Gasteiger partial charge in [-0.3, -0.25) is 14.5 Å². The number of hydrogen-bond acceptors (Lipinski definition) is 6. The fraction of sp³-hybridized carbons (Fsp3) is 0.364. The van der Waals surface area contributed by atoms with Crippen molar-refractivity contribution in [3.63, 3.8) is 0 Å². The van der Waals surface area contributed by atoms with Gasteiger partial charge in [0.15, 0.2) is 5.78 Å². The number of benzene rings is 3. The number of nitrogens with zero attached hydrogens (tertiary/aromatic N) is 2. The Labute approximate surface area is 246 Å². The van der Waals surface area contributed by atoms with Gasteiger partial charge in [-0.1, -0.05) is 67.4 Å². The number of nitrogens with one attached hydrogen (secondary N) is 1. The van der Waals surface area contributed by atoms with Crippen LogP contribution in [0.3, 0.4) is 0 Å². The van der Waals surface area contributed by atoms with Crippen molar-refractivity contribution in [1.82, 2.24) is 4.90 Å². The number of para-hydroxylation sites is 2. The molecule has 2 atom stereocenters. The van der Waals surface area contributed by atoms with Gasteiger partial charge in [0, 0.05) is 30.3 Å². The monoisotopic (exact) mass is 572 g/mol. The molecule has 1 saturated carbocycles. The Hall–Kier alpha value is -4.05. The predicted molar refractivity (Wildman–Crippen MR) is 163 cm³/mol. The topological polar surface area (TPSA) is 136 Å². The summed E-state index contributed by atoms with van der Waals surface area (Å²) in [5, 5.41) is 21.7. The Morgan fingerprint density at radius 3 is 2.14 bits per heavy atom. The van der Waals surface area contributed by atoms with Gasteiger partial charge in [-0.05, 0) is 54.2 Å². The summed E-state index contributed by atoms with van der Waals surface area (Å²) in [5.74, 6) is -0.501. The molecule has 9 nitrogen and oxygen atoms in total. The first-order chi connectivity index (χ1) is 20.5. The second kappa shape index (κ2) is 15.3. The Morgan fingerprint density at radius 2 is 1.48 bits per heavy atom. The summed E-state index contributed by atoms with van der Waals surface area (Å²) in [5.41, 5.74) is 9.16. The maximum Gasteiger partial charge on any atom is 0.324 e. The minimum atomic E-state index is -0.343. The average molecular weight is 573 g/mol. The lowest BCUT2D eigenvalue weighted by atomic mass is 9.72. The summed E-state index contributed by atoms with van der Waals surface area (Å²) >= 11 is 0. The van der Waals surface area contributed by atoms with Crippen molar-refractivity contribution in [3.8, 4) is 0 Å². The van der Waals surface area contributed by atoms with Crippen molar-refractivity contribution in [1.29, 1.82) is 0 Å². The summed E-state index contributed by atoms with van der Waals surface area (Å²) < 4.78 is 0. The number of aliphatic hydroxyl groups excluding tert-OH is 2. The van der Waals surface area contributed by atoms with Crippen LogP contribution in [-0.2, 0) is 11.3 Å². The van der Waals surface area contributed by atoms with Crippen molar-refractivity contribution in [3.05, 3.63) is 95.6 Å². The summed E-state index contributed by atoms with van der Waals surface area (Å²) in [7, 11) is 0. The zero-order chi connectivity index (χ0) is 29.9. The van der Waals surface area contributed by atoms with E-state index in [9.17, 15) is 24.6 Å². The molecular formula is C33H40N4O5. The van der Waals surface area contributed by atoms with Crippen LogP contribution in [0, 0.1) is 5.92 Å². The Kier molecular flexibility index (Phi) is 11.2. The van der Waals surface area contributed by atoms with Gasteiger partial charge in [-0.25, -0.2) is 4.79 Å². The van der Waals surface area contributed by atoms with Gasteiger partial charge in [0.25, 0.3) is 0 Å². The number of ketones is 1. The fourth-order valence-electron chi connectivity index (χ4n) is 5.70. The molecule has 0 bridgehead atoms. The molecule has 5 N–H and O–H groups in total. The average Bonchev–Trinajstić information content (AvgIpc) is 3.04. The van der Waals surface area contributed by atoms with Crippen LogP contribution in [0.5, 0.6) is 0 Å². The summed E-state index contributed by atoms with van der Waals surface area (Å²) in [6.45, 7) is -0.00908. The highest BCUT2D eigenvalue weighted by molar-refractivity contribution is 6.06. The maximum atomic E-state index is 13.8. The highest BCUT2D eigenvalue weighted by Crippen LogP contribution is 2.40. The zero-order valence-electron chi connectivity index (χ0n) is 23.8. The molecule has 0 unspecified atom stereocenters. The van der Waals surface area contributed by atoms with Gasteiger partial charge in [-0.15, -0.1) is 0 Å². The molecule has 0 spiro atoms. The van der Waals surface area contributed by atoms with E-state index in [2.05, 4.69) is 5.32 Å². The number of amides is 3. The second-order valence-corrected chi connectivity index (χ2v) is 10.5. The summed E-state index contributed by atoms with van der Waals surface area (Å²) in [4.78, 5) is 42.3. The molecule has 0 aliphatic heterocycles. The molecule has 9 heteroatoms. The number of anilines is 2. The third kappa shape index (κ3) is 7.61. The van der Waals surface area contributed by atoms with Gasteiger partial charge in [0.1, 0.15) is 0 Å². The van der Waals surface area contributed by atoms with Gasteiger partial charge in [0.2, 0.25) is 5.91 Å². The SMILES string of the molecule is NCC(=O)Nc1ccccc1C(=O)[C@H]1CCCC[C@H]1c1ccc(CN(C(=O)N(CCO)CCO)c2ccccc2)cc1. The number of carbonyl (C=O) groups excluding carboxylic acids is 3. The highest BCUT2D eigenvalue weighted by atomic mass is 16.3. The first-order valence-corrected chi connectivity index (χ1v) is 14.5. The van der Waals surface area contributed by atoms with E-state index in [-0.39, 0.29) is 62.4 Å². The molecule has 1 fully saturated rings. The Morgan fingerprint density at radius 1 is 0.833 bits per heavy atom. The number of urea groups is 1. The van der Waals surface area contributed by atoms with Crippen molar-refractivity contribution < 1.29 is 24.6 Å². The third-order valence-electron chi connectivity index (χ3n) is 7.81. The van der Waals surface area contributed by atoms with Crippen LogP contribution >= 0.6 is 0 Å². The lowest BCUT2D eigenvalue weighted by molar-refractivity contribution is -0.114. The maximum absolute atomic E-state index is 13.8.